The van der Waals surface area contributed by atoms with E-state index in [0.717, 1.165) is 46.5 Å². The van der Waals surface area contributed by atoms with E-state index in [-0.39, 0.29) is 50.1 Å². The van der Waals surface area contributed by atoms with Crippen LogP contribution in [0.15, 0.2) is 48.1 Å². The van der Waals surface area contributed by atoms with Crippen LogP contribution in [-0.2, 0) is 30.3 Å². The van der Waals surface area contributed by atoms with Gasteiger partial charge in [0.2, 0.25) is 23.6 Å². The van der Waals surface area contributed by atoms with Crippen LogP contribution in [0.2, 0.25) is 0 Å². The molecule has 316 valence electrons. The fourth-order valence-electron chi connectivity index (χ4n) is 6.86. The first-order valence-electron chi connectivity index (χ1n) is 20.0. The van der Waals surface area contributed by atoms with Crippen molar-refractivity contribution in [3.8, 4) is 10.4 Å². The number of likely N-dealkylation sites (tertiary alicyclic amines) is 1. The second kappa shape index (κ2) is 20.2. The van der Waals surface area contributed by atoms with Crippen molar-refractivity contribution in [3.63, 3.8) is 0 Å². The zero-order valence-electron chi connectivity index (χ0n) is 35.1. The van der Waals surface area contributed by atoms with Crippen molar-refractivity contribution in [2.45, 2.75) is 143 Å². The molecule has 0 bridgehead atoms. The number of hydrogen-bond acceptors (Lipinski definition) is 10. The first-order chi connectivity index (χ1) is 27.2. The van der Waals surface area contributed by atoms with Crippen molar-refractivity contribution < 1.29 is 33.8 Å². The number of aromatic nitrogens is 2. The molecule has 5 atom stereocenters. The normalized spacial score (nSPS) is 17.2. The van der Waals surface area contributed by atoms with Crippen LogP contribution in [0.1, 0.15) is 128 Å². The molecule has 1 aliphatic rings. The van der Waals surface area contributed by atoms with E-state index >= 15 is 0 Å². The van der Waals surface area contributed by atoms with Gasteiger partial charge in [-0.25, -0.2) is 9.78 Å². The van der Waals surface area contributed by atoms with Crippen molar-refractivity contribution in [2.75, 3.05) is 6.54 Å². The number of benzene rings is 1. The summed E-state index contributed by atoms with van der Waals surface area (Å²) in [4.78, 5) is 76.1. The molecule has 0 saturated carbocycles. The Labute approximate surface area is 346 Å². The number of aryl methyl sites for hydroxylation is 2. The van der Waals surface area contributed by atoms with Crippen LogP contribution in [0.4, 0.5) is 4.79 Å². The van der Waals surface area contributed by atoms with Gasteiger partial charge in [-0.2, -0.15) is 0 Å². The predicted octanol–water partition coefficient (Wildman–Crippen LogP) is 5.82. The SMILES string of the molecule is Cc1ncsc1-c1ccc([C@H](C)NC(=O)[C@@H]2C[C@@H](O)CN2C(=O)[C@@H](NC(=O)CCCCCc2ccc([C@H](CCC(N)=O)NC(=O)OC(C)(C)C)nc2)C(C)(C)C)cc1. The quantitative estimate of drug-likeness (QED) is 0.104. The molecule has 14 nitrogen and oxygen atoms in total. The van der Waals surface area contributed by atoms with E-state index in [4.69, 9.17) is 10.5 Å². The number of hydrogen-bond donors (Lipinski definition) is 5. The van der Waals surface area contributed by atoms with E-state index in [1.807, 2.05) is 76.5 Å². The van der Waals surface area contributed by atoms with Gasteiger partial charge in [0.25, 0.3) is 0 Å². The molecule has 1 fully saturated rings. The minimum atomic E-state index is -0.901. The lowest BCUT2D eigenvalue weighted by atomic mass is 9.85. The molecule has 58 heavy (non-hydrogen) atoms. The van der Waals surface area contributed by atoms with Crippen LogP contribution in [-0.4, -0.2) is 80.0 Å². The van der Waals surface area contributed by atoms with Crippen LogP contribution < -0.4 is 21.7 Å². The lowest BCUT2D eigenvalue weighted by Crippen LogP contribution is -2.57. The molecule has 5 amide bonds. The van der Waals surface area contributed by atoms with Gasteiger partial charge in [-0.3, -0.25) is 24.2 Å². The Kier molecular flexibility index (Phi) is 15.9. The third kappa shape index (κ3) is 13.6. The van der Waals surface area contributed by atoms with Crippen LogP contribution in [0.25, 0.3) is 10.4 Å². The molecule has 0 unspecified atom stereocenters. The highest BCUT2D eigenvalue weighted by Gasteiger charge is 2.44. The third-order valence-electron chi connectivity index (χ3n) is 10.0. The molecule has 1 aliphatic heterocycles. The Morgan fingerprint density at radius 1 is 0.948 bits per heavy atom. The molecule has 15 heteroatoms. The summed E-state index contributed by atoms with van der Waals surface area (Å²) in [6, 6.07) is 9.01. The number of aliphatic hydroxyl groups excluding tert-OH is 1. The topological polar surface area (TPSA) is 206 Å². The zero-order valence-corrected chi connectivity index (χ0v) is 35.9. The molecule has 1 aromatic carbocycles. The fourth-order valence-corrected chi connectivity index (χ4v) is 7.67. The Balaban J connectivity index is 1.27. The second-order valence-electron chi connectivity index (χ2n) is 17.2. The number of nitrogens with zero attached hydrogens (tertiary/aromatic N) is 3. The molecule has 0 aliphatic carbocycles. The molecule has 3 heterocycles. The van der Waals surface area contributed by atoms with Crippen molar-refractivity contribution in [3.05, 3.63) is 70.6 Å². The van der Waals surface area contributed by atoms with E-state index < -0.39 is 53.2 Å². The summed E-state index contributed by atoms with van der Waals surface area (Å²) in [5.41, 5.74) is 10.3. The monoisotopic (exact) mass is 819 g/mol. The van der Waals surface area contributed by atoms with E-state index in [0.29, 0.717) is 12.1 Å². The number of rotatable bonds is 17. The minimum Gasteiger partial charge on any atom is -0.444 e. The van der Waals surface area contributed by atoms with Gasteiger partial charge in [-0.05, 0) is 88.5 Å². The van der Waals surface area contributed by atoms with E-state index in [1.54, 1.807) is 38.3 Å². The smallest absolute Gasteiger partial charge is 0.408 e. The summed E-state index contributed by atoms with van der Waals surface area (Å²) in [6.07, 6.45) is 3.84. The highest BCUT2D eigenvalue weighted by molar-refractivity contribution is 7.13. The largest absolute Gasteiger partial charge is 0.444 e. The lowest BCUT2D eigenvalue weighted by molar-refractivity contribution is -0.144. The molecular formula is C43H61N7O7S. The number of carbonyl (C=O) groups excluding carboxylic acids is 5. The number of alkyl carbamates (subject to hydrolysis) is 1. The van der Waals surface area contributed by atoms with Gasteiger partial charge in [0.05, 0.1) is 40.0 Å². The Morgan fingerprint density at radius 3 is 2.24 bits per heavy atom. The summed E-state index contributed by atoms with van der Waals surface area (Å²) >= 11 is 1.57. The Hall–Kier alpha value is -4.89. The number of ether oxygens (including phenoxy) is 1. The minimum absolute atomic E-state index is 0.000763. The average Bonchev–Trinajstić information content (AvgIpc) is 3.76. The maximum Gasteiger partial charge on any atom is 0.408 e. The zero-order chi connectivity index (χ0) is 42.8. The van der Waals surface area contributed by atoms with Gasteiger partial charge >= 0.3 is 6.09 Å². The molecule has 0 spiro atoms. The standard InChI is InChI=1S/C43H61N7O7S/c1-26(29-15-17-30(18-16-29)37-27(2)46-25-58-37)47-39(54)34-22-31(51)24-50(34)40(55)38(42(3,4)5)49-36(53)13-11-9-10-12-28-14-19-32(45-23-28)33(20-21-35(44)52)48-41(56)57-43(6,7)8/h14-19,23,25-26,31,33-34,38,51H,9-13,20-22,24H2,1-8H3,(H2,44,52)(H,47,54)(H,48,56)(H,49,53)/t26-,31+,33-,34-,38+/m0/s1. The molecule has 6 N–H and O–H groups in total. The number of β-amino-alcohol motifs (C(OH)–C–C–N with tert-alkyl or cyclic N) is 1. The van der Waals surface area contributed by atoms with Gasteiger partial charge in [-0.15, -0.1) is 11.3 Å². The third-order valence-corrected chi connectivity index (χ3v) is 11.0. The van der Waals surface area contributed by atoms with E-state index in [2.05, 4.69) is 25.9 Å². The number of nitrogens with two attached hydrogens (primary N) is 1. The number of primary amides is 1. The van der Waals surface area contributed by atoms with Gasteiger partial charge in [0.15, 0.2) is 0 Å². The summed E-state index contributed by atoms with van der Waals surface area (Å²) in [5, 5.41) is 19.4. The van der Waals surface area contributed by atoms with E-state index in [9.17, 15) is 29.1 Å². The van der Waals surface area contributed by atoms with Crippen LogP contribution >= 0.6 is 11.3 Å². The van der Waals surface area contributed by atoms with Gasteiger partial charge in [0.1, 0.15) is 17.7 Å². The highest BCUT2D eigenvalue weighted by Crippen LogP contribution is 2.30. The molecule has 3 aromatic rings. The maximum absolute atomic E-state index is 14.1. The summed E-state index contributed by atoms with van der Waals surface area (Å²) < 4.78 is 5.37. The number of nitrogens with one attached hydrogen (secondary N) is 3. The number of thiazole rings is 1. The maximum atomic E-state index is 14.1. The molecule has 1 saturated heterocycles. The second-order valence-corrected chi connectivity index (χ2v) is 18.1. The number of aliphatic hydroxyl groups is 1. The first kappa shape index (κ1) is 45.8. The van der Waals surface area contributed by atoms with Crippen molar-refractivity contribution in [2.24, 2.45) is 11.1 Å². The van der Waals surface area contributed by atoms with Crippen molar-refractivity contribution in [1.29, 1.82) is 0 Å². The highest BCUT2D eigenvalue weighted by atomic mass is 32.1. The number of amides is 5. The summed E-state index contributed by atoms with van der Waals surface area (Å²) in [5.74, 6) is -1.49. The van der Waals surface area contributed by atoms with Gasteiger partial charge in [0, 0.05) is 32.0 Å². The number of unbranched alkanes of at least 4 members (excludes halogenated alkanes) is 2. The Bertz CT molecular complexity index is 1870. The van der Waals surface area contributed by atoms with Crippen LogP contribution in [0.5, 0.6) is 0 Å². The molecule has 4 rings (SSSR count). The van der Waals surface area contributed by atoms with E-state index in [1.165, 1.54) is 4.90 Å². The molecule has 2 aromatic heterocycles. The lowest BCUT2D eigenvalue weighted by Gasteiger charge is -2.35. The van der Waals surface area contributed by atoms with Gasteiger partial charge < -0.3 is 36.4 Å². The van der Waals surface area contributed by atoms with Crippen molar-refractivity contribution in [1.82, 2.24) is 30.8 Å². The molecular weight excluding hydrogens is 759 g/mol. The number of pyridine rings is 1. The van der Waals surface area contributed by atoms with Crippen molar-refractivity contribution >= 4 is 41.1 Å². The average molecular weight is 820 g/mol. The first-order valence-corrected chi connectivity index (χ1v) is 20.9. The van der Waals surface area contributed by atoms with Crippen LogP contribution in [0, 0.1) is 12.3 Å². The summed E-state index contributed by atoms with van der Waals surface area (Å²) in [7, 11) is 0. The summed E-state index contributed by atoms with van der Waals surface area (Å²) in [6.45, 7) is 14.7. The molecule has 0 radical (unpaired) electrons. The van der Waals surface area contributed by atoms with Gasteiger partial charge in [-0.1, -0.05) is 57.5 Å². The Morgan fingerprint density at radius 2 is 1.66 bits per heavy atom. The number of carbonyl (C=O) groups is 5. The fraction of sp³-hybridized carbons (Fsp3) is 0.558. The predicted molar refractivity (Wildman–Crippen MR) is 223 cm³/mol. The van der Waals surface area contributed by atoms with Crippen LogP contribution in [0.3, 0.4) is 0 Å².